The molecule has 2 heterocycles. The lowest BCUT2D eigenvalue weighted by molar-refractivity contribution is -0.137. The zero-order valence-electron chi connectivity index (χ0n) is 14.9. The second-order valence-corrected chi connectivity index (χ2v) is 7.12. The van der Waals surface area contributed by atoms with Gasteiger partial charge in [0.2, 0.25) is 17.7 Å². The Labute approximate surface area is 163 Å². The molecule has 10 heteroatoms. The minimum absolute atomic E-state index is 0.0900. The van der Waals surface area contributed by atoms with Crippen molar-refractivity contribution in [2.45, 2.75) is 32.0 Å². The van der Waals surface area contributed by atoms with Crippen molar-refractivity contribution in [3.63, 3.8) is 0 Å². The maximum atomic E-state index is 12.8. The van der Waals surface area contributed by atoms with Crippen molar-refractivity contribution in [2.24, 2.45) is 0 Å². The van der Waals surface area contributed by atoms with Crippen molar-refractivity contribution in [2.75, 3.05) is 7.05 Å². The topological polar surface area (TPSA) is 72.1 Å². The molecule has 0 atom stereocenters. The number of halogens is 3. The monoisotopic (exact) mass is 410 g/mol. The average Bonchev–Trinajstić information content (AvgIpc) is 3.31. The standard InChI is InChI=1S/C18H17F3N4O2S/c1-25(11-16-22-7-8-28-16)17(26)6-5-14-23-24-15(27-14)10-12-3-2-4-13(9-12)18(19,20)21/h2-4,7-9H,5-6,10-11H2,1H3. The summed E-state index contributed by atoms with van der Waals surface area (Å²) >= 11 is 1.47. The van der Waals surface area contributed by atoms with Gasteiger partial charge in [0.25, 0.3) is 0 Å². The van der Waals surface area contributed by atoms with Gasteiger partial charge in [0.05, 0.1) is 18.5 Å². The van der Waals surface area contributed by atoms with Crippen LogP contribution in [0.15, 0.2) is 40.3 Å². The number of amides is 1. The first-order valence-electron chi connectivity index (χ1n) is 8.41. The minimum atomic E-state index is -4.40. The molecule has 0 unspecified atom stereocenters. The van der Waals surface area contributed by atoms with Crippen LogP contribution in [0.5, 0.6) is 0 Å². The number of alkyl halides is 3. The van der Waals surface area contributed by atoms with Gasteiger partial charge < -0.3 is 9.32 Å². The smallest absolute Gasteiger partial charge is 0.416 e. The normalized spacial score (nSPS) is 11.6. The maximum Gasteiger partial charge on any atom is 0.416 e. The number of hydrogen-bond acceptors (Lipinski definition) is 6. The summed E-state index contributed by atoms with van der Waals surface area (Å²) in [6.07, 6.45) is -2.18. The highest BCUT2D eigenvalue weighted by Gasteiger charge is 2.30. The van der Waals surface area contributed by atoms with Crippen LogP contribution in [0, 0.1) is 0 Å². The van der Waals surface area contributed by atoms with Gasteiger partial charge in [-0.05, 0) is 11.6 Å². The van der Waals surface area contributed by atoms with E-state index >= 15 is 0 Å². The predicted octanol–water partition coefficient (Wildman–Crippen LogP) is 3.73. The molecule has 0 bridgehead atoms. The van der Waals surface area contributed by atoms with E-state index in [4.69, 9.17) is 4.42 Å². The molecule has 1 amide bonds. The quantitative estimate of drug-likeness (QED) is 0.594. The van der Waals surface area contributed by atoms with Gasteiger partial charge in [0.15, 0.2) is 0 Å². The van der Waals surface area contributed by atoms with E-state index in [0.29, 0.717) is 12.1 Å². The molecular weight excluding hydrogens is 393 g/mol. The van der Waals surface area contributed by atoms with Crippen molar-refractivity contribution < 1.29 is 22.4 Å². The van der Waals surface area contributed by atoms with Gasteiger partial charge in [-0.1, -0.05) is 18.2 Å². The van der Waals surface area contributed by atoms with Crippen LogP contribution in [-0.2, 0) is 30.4 Å². The van der Waals surface area contributed by atoms with E-state index in [1.807, 2.05) is 5.38 Å². The van der Waals surface area contributed by atoms with Crippen LogP contribution in [-0.4, -0.2) is 33.0 Å². The van der Waals surface area contributed by atoms with Gasteiger partial charge in [-0.3, -0.25) is 4.79 Å². The van der Waals surface area contributed by atoms with E-state index < -0.39 is 11.7 Å². The van der Waals surface area contributed by atoms with E-state index in [-0.39, 0.29) is 37.0 Å². The van der Waals surface area contributed by atoms with Crippen LogP contribution in [0.2, 0.25) is 0 Å². The number of aryl methyl sites for hydroxylation is 1. The number of thiazole rings is 1. The summed E-state index contributed by atoms with van der Waals surface area (Å²) in [7, 11) is 1.69. The Morgan fingerprint density at radius 2 is 2.04 bits per heavy atom. The Kier molecular flexibility index (Phi) is 6.08. The van der Waals surface area contributed by atoms with E-state index in [0.717, 1.165) is 17.1 Å². The second kappa shape index (κ2) is 8.51. The van der Waals surface area contributed by atoms with Gasteiger partial charge in [-0.25, -0.2) is 4.98 Å². The molecule has 3 aromatic rings. The highest BCUT2D eigenvalue weighted by Crippen LogP contribution is 2.29. The molecule has 6 nitrogen and oxygen atoms in total. The fraction of sp³-hybridized carbons (Fsp3) is 0.333. The first-order chi connectivity index (χ1) is 13.3. The highest BCUT2D eigenvalue weighted by atomic mass is 32.1. The van der Waals surface area contributed by atoms with E-state index in [1.165, 1.54) is 17.4 Å². The fourth-order valence-corrected chi connectivity index (χ4v) is 3.19. The van der Waals surface area contributed by atoms with Gasteiger partial charge in [0.1, 0.15) is 5.01 Å². The van der Waals surface area contributed by atoms with Crippen molar-refractivity contribution >= 4 is 17.2 Å². The molecule has 2 aromatic heterocycles. The van der Waals surface area contributed by atoms with E-state index in [1.54, 1.807) is 24.2 Å². The first kappa shape index (κ1) is 20.0. The van der Waals surface area contributed by atoms with Crippen molar-refractivity contribution in [1.29, 1.82) is 0 Å². The van der Waals surface area contributed by atoms with Crippen LogP contribution >= 0.6 is 11.3 Å². The average molecular weight is 410 g/mol. The summed E-state index contributed by atoms with van der Waals surface area (Å²) in [5.41, 5.74) is -0.303. The van der Waals surface area contributed by atoms with Gasteiger partial charge >= 0.3 is 6.18 Å². The van der Waals surface area contributed by atoms with Crippen LogP contribution in [0.4, 0.5) is 13.2 Å². The molecule has 0 saturated carbocycles. The van der Waals surface area contributed by atoms with Crippen LogP contribution in [0.25, 0.3) is 0 Å². The Morgan fingerprint density at radius 3 is 2.75 bits per heavy atom. The Morgan fingerprint density at radius 1 is 1.25 bits per heavy atom. The Hall–Kier alpha value is -2.75. The molecule has 28 heavy (non-hydrogen) atoms. The number of carbonyl (C=O) groups is 1. The summed E-state index contributed by atoms with van der Waals surface area (Å²) in [4.78, 5) is 17.9. The molecule has 3 rings (SSSR count). The van der Waals surface area contributed by atoms with Gasteiger partial charge in [-0.2, -0.15) is 13.2 Å². The molecule has 1 aromatic carbocycles. The number of nitrogens with zero attached hydrogens (tertiary/aromatic N) is 4. The molecule has 0 aliphatic heterocycles. The summed E-state index contributed by atoms with van der Waals surface area (Å²) < 4.78 is 43.8. The molecule has 0 radical (unpaired) electrons. The summed E-state index contributed by atoms with van der Waals surface area (Å²) in [5, 5.41) is 10.4. The number of benzene rings is 1. The number of rotatable bonds is 7. The van der Waals surface area contributed by atoms with Crippen molar-refractivity contribution in [3.8, 4) is 0 Å². The van der Waals surface area contributed by atoms with Crippen molar-refractivity contribution in [1.82, 2.24) is 20.1 Å². The number of aromatic nitrogens is 3. The third-order valence-corrected chi connectivity index (χ3v) is 4.72. The second-order valence-electron chi connectivity index (χ2n) is 6.14. The highest BCUT2D eigenvalue weighted by molar-refractivity contribution is 7.09. The lowest BCUT2D eigenvalue weighted by atomic mass is 10.1. The minimum Gasteiger partial charge on any atom is -0.425 e. The van der Waals surface area contributed by atoms with Crippen LogP contribution in [0.3, 0.4) is 0 Å². The molecule has 0 spiro atoms. The molecule has 0 aliphatic carbocycles. The number of carbonyl (C=O) groups excluding carboxylic acids is 1. The largest absolute Gasteiger partial charge is 0.425 e. The van der Waals surface area contributed by atoms with E-state index in [9.17, 15) is 18.0 Å². The third-order valence-electron chi connectivity index (χ3n) is 3.95. The zero-order valence-corrected chi connectivity index (χ0v) is 15.8. The van der Waals surface area contributed by atoms with Crippen molar-refractivity contribution in [3.05, 3.63) is 63.8 Å². The van der Waals surface area contributed by atoms with E-state index in [2.05, 4.69) is 15.2 Å². The summed E-state index contributed by atoms with van der Waals surface area (Å²) in [6.45, 7) is 0.432. The molecule has 0 N–H and O–H groups in total. The molecular formula is C18H17F3N4O2S. The summed E-state index contributed by atoms with van der Waals surface area (Å²) in [5.74, 6) is 0.392. The molecule has 148 valence electrons. The first-order valence-corrected chi connectivity index (χ1v) is 9.29. The number of hydrogen-bond donors (Lipinski definition) is 0. The Balaban J connectivity index is 1.53. The molecule has 0 fully saturated rings. The van der Waals surface area contributed by atoms with Gasteiger partial charge in [-0.15, -0.1) is 21.5 Å². The molecule has 0 saturated heterocycles. The SMILES string of the molecule is CN(Cc1nccs1)C(=O)CCc1nnc(Cc2cccc(C(F)(F)F)c2)o1. The third kappa shape index (κ3) is 5.38. The van der Waals surface area contributed by atoms with Gasteiger partial charge in [0, 0.05) is 31.5 Å². The Bertz CT molecular complexity index is 925. The summed E-state index contributed by atoms with van der Waals surface area (Å²) in [6, 6.07) is 4.97. The fourth-order valence-electron chi connectivity index (χ4n) is 2.52. The lowest BCUT2D eigenvalue weighted by Gasteiger charge is -2.14. The maximum absolute atomic E-state index is 12.8. The van der Waals surface area contributed by atoms with Crippen LogP contribution in [0.1, 0.15) is 34.3 Å². The molecule has 0 aliphatic rings. The van der Waals surface area contributed by atoms with Crippen LogP contribution < -0.4 is 0 Å². The zero-order chi connectivity index (χ0) is 20.1. The predicted molar refractivity (Wildman–Crippen MR) is 95.5 cm³/mol. The lowest BCUT2D eigenvalue weighted by Crippen LogP contribution is -2.26.